The second-order valence-electron chi connectivity index (χ2n) is 8.81. The SMILES string of the molecule is COc1ccc(N2C[C@H](c3nc4ccccc4n3CCOc3ccc(C)c(C)c3)CC2=O)cc1. The molecule has 6 heteroatoms. The predicted molar refractivity (Wildman–Crippen MR) is 134 cm³/mol. The first-order valence-electron chi connectivity index (χ1n) is 11.6. The zero-order chi connectivity index (χ0) is 23.7. The molecule has 0 N–H and O–H groups in total. The quantitative estimate of drug-likeness (QED) is 0.381. The Morgan fingerprint density at radius 2 is 1.74 bits per heavy atom. The Kier molecular flexibility index (Phi) is 5.97. The van der Waals surface area contributed by atoms with Crippen LogP contribution in [0.2, 0.25) is 0 Å². The van der Waals surface area contributed by atoms with Gasteiger partial charge in [0.1, 0.15) is 23.9 Å². The van der Waals surface area contributed by atoms with E-state index in [9.17, 15) is 4.79 Å². The number of ether oxygens (including phenoxy) is 2. The molecule has 1 saturated heterocycles. The highest BCUT2D eigenvalue weighted by Gasteiger charge is 2.34. The van der Waals surface area contributed by atoms with Crippen LogP contribution in [0.3, 0.4) is 0 Å². The van der Waals surface area contributed by atoms with Gasteiger partial charge >= 0.3 is 0 Å². The van der Waals surface area contributed by atoms with Crippen LogP contribution >= 0.6 is 0 Å². The fourth-order valence-electron chi connectivity index (χ4n) is 4.59. The Morgan fingerprint density at radius 1 is 0.971 bits per heavy atom. The fourth-order valence-corrected chi connectivity index (χ4v) is 4.59. The summed E-state index contributed by atoms with van der Waals surface area (Å²) in [6, 6.07) is 21.9. The van der Waals surface area contributed by atoms with E-state index in [1.165, 1.54) is 11.1 Å². The van der Waals surface area contributed by atoms with Crippen molar-refractivity contribution in [1.29, 1.82) is 0 Å². The van der Waals surface area contributed by atoms with Gasteiger partial charge in [-0.3, -0.25) is 4.79 Å². The van der Waals surface area contributed by atoms with E-state index in [0.717, 1.165) is 34.0 Å². The van der Waals surface area contributed by atoms with Crippen molar-refractivity contribution < 1.29 is 14.3 Å². The van der Waals surface area contributed by atoms with Crippen LogP contribution < -0.4 is 14.4 Å². The molecule has 0 unspecified atom stereocenters. The molecule has 3 aromatic carbocycles. The molecule has 1 aliphatic heterocycles. The summed E-state index contributed by atoms with van der Waals surface area (Å²) in [5, 5.41) is 0. The summed E-state index contributed by atoms with van der Waals surface area (Å²) >= 11 is 0. The number of nitrogens with zero attached hydrogens (tertiary/aromatic N) is 3. The lowest BCUT2D eigenvalue weighted by Gasteiger charge is -2.18. The minimum Gasteiger partial charge on any atom is -0.497 e. The van der Waals surface area contributed by atoms with Crippen LogP contribution in [0.1, 0.15) is 29.3 Å². The second-order valence-corrected chi connectivity index (χ2v) is 8.81. The molecular weight excluding hydrogens is 426 g/mol. The van der Waals surface area contributed by atoms with Gasteiger partial charge in [-0.1, -0.05) is 18.2 Å². The number of hydrogen-bond donors (Lipinski definition) is 0. The van der Waals surface area contributed by atoms with Crippen LogP contribution in [0.5, 0.6) is 11.5 Å². The molecule has 0 saturated carbocycles. The summed E-state index contributed by atoms with van der Waals surface area (Å²) in [5.74, 6) is 2.71. The van der Waals surface area contributed by atoms with Crippen LogP contribution in [0.4, 0.5) is 5.69 Å². The van der Waals surface area contributed by atoms with Crippen molar-refractivity contribution in [2.45, 2.75) is 32.7 Å². The topological polar surface area (TPSA) is 56.6 Å². The number of aromatic nitrogens is 2. The average molecular weight is 456 g/mol. The van der Waals surface area contributed by atoms with Gasteiger partial charge in [-0.15, -0.1) is 0 Å². The van der Waals surface area contributed by atoms with Gasteiger partial charge < -0.3 is 18.9 Å². The average Bonchev–Trinajstić information content (AvgIpc) is 3.42. The summed E-state index contributed by atoms with van der Waals surface area (Å²) in [6.45, 7) is 5.98. The van der Waals surface area contributed by atoms with Gasteiger partial charge in [0, 0.05) is 24.6 Å². The van der Waals surface area contributed by atoms with E-state index in [4.69, 9.17) is 14.5 Å². The van der Waals surface area contributed by atoms with E-state index in [2.05, 4.69) is 36.6 Å². The van der Waals surface area contributed by atoms with Crippen molar-refractivity contribution in [2.75, 3.05) is 25.2 Å². The molecule has 174 valence electrons. The number of amides is 1. The van der Waals surface area contributed by atoms with Crippen LogP contribution in [0.15, 0.2) is 66.7 Å². The van der Waals surface area contributed by atoms with Crippen molar-refractivity contribution in [3.8, 4) is 11.5 Å². The molecule has 1 aromatic heterocycles. The number of fused-ring (bicyclic) bond motifs is 1. The standard InChI is InChI=1S/C28H29N3O3/c1-19-8-11-24(16-20(19)2)34-15-14-30-26-7-5-4-6-25(26)29-28(30)21-17-27(32)31(18-21)22-9-12-23(33-3)13-10-22/h4-13,16,21H,14-15,17-18H2,1-3H3/t21-/m1/s1. The number of carbonyl (C=O) groups excluding carboxylic acids is 1. The Balaban J connectivity index is 1.38. The molecule has 0 bridgehead atoms. The first-order valence-corrected chi connectivity index (χ1v) is 11.6. The molecule has 0 spiro atoms. The zero-order valence-corrected chi connectivity index (χ0v) is 19.8. The number of hydrogen-bond acceptors (Lipinski definition) is 4. The summed E-state index contributed by atoms with van der Waals surface area (Å²) in [4.78, 5) is 19.7. The first kappa shape index (κ1) is 22.0. The highest BCUT2D eigenvalue weighted by atomic mass is 16.5. The minimum atomic E-state index is 0.0172. The normalized spacial score (nSPS) is 15.8. The summed E-state index contributed by atoms with van der Waals surface area (Å²) in [5.41, 5.74) is 5.36. The van der Waals surface area contributed by atoms with Crippen molar-refractivity contribution >= 4 is 22.6 Å². The number of para-hydroxylation sites is 2. The van der Waals surface area contributed by atoms with Gasteiger partial charge in [0.05, 0.1) is 24.7 Å². The van der Waals surface area contributed by atoms with E-state index < -0.39 is 0 Å². The van der Waals surface area contributed by atoms with Gasteiger partial charge in [0.25, 0.3) is 0 Å². The third-order valence-corrected chi connectivity index (χ3v) is 6.62. The molecule has 4 aromatic rings. The van der Waals surface area contributed by atoms with Crippen LogP contribution in [0.25, 0.3) is 11.0 Å². The highest BCUT2D eigenvalue weighted by Crippen LogP contribution is 2.34. The lowest BCUT2D eigenvalue weighted by molar-refractivity contribution is -0.117. The molecule has 1 fully saturated rings. The maximum absolute atomic E-state index is 12.9. The number of benzene rings is 3. The number of rotatable bonds is 7. The van der Waals surface area contributed by atoms with Crippen molar-refractivity contribution in [3.05, 3.63) is 83.7 Å². The lowest BCUT2D eigenvalue weighted by Crippen LogP contribution is -2.24. The van der Waals surface area contributed by atoms with Gasteiger partial charge in [0.2, 0.25) is 5.91 Å². The lowest BCUT2D eigenvalue weighted by atomic mass is 10.1. The Morgan fingerprint density at radius 3 is 2.50 bits per heavy atom. The maximum Gasteiger partial charge on any atom is 0.227 e. The summed E-state index contributed by atoms with van der Waals surface area (Å²) in [6.07, 6.45) is 0.438. The molecule has 2 heterocycles. The summed E-state index contributed by atoms with van der Waals surface area (Å²) < 4.78 is 13.5. The summed E-state index contributed by atoms with van der Waals surface area (Å²) in [7, 11) is 1.64. The van der Waals surface area contributed by atoms with E-state index in [0.29, 0.717) is 26.1 Å². The third kappa shape index (κ3) is 4.23. The number of aryl methyl sites for hydroxylation is 2. The van der Waals surface area contributed by atoms with E-state index in [-0.39, 0.29) is 11.8 Å². The zero-order valence-electron chi connectivity index (χ0n) is 19.8. The molecule has 34 heavy (non-hydrogen) atoms. The predicted octanol–water partition coefficient (Wildman–Crippen LogP) is 5.26. The molecule has 6 nitrogen and oxygen atoms in total. The minimum absolute atomic E-state index is 0.0172. The molecule has 1 atom stereocenters. The number of carbonyl (C=O) groups is 1. The third-order valence-electron chi connectivity index (χ3n) is 6.62. The molecule has 1 amide bonds. The van der Waals surface area contributed by atoms with Gasteiger partial charge in [-0.2, -0.15) is 0 Å². The molecule has 0 aliphatic carbocycles. The Hall–Kier alpha value is -3.80. The van der Waals surface area contributed by atoms with Crippen LogP contribution in [-0.2, 0) is 11.3 Å². The molecule has 0 radical (unpaired) electrons. The van der Waals surface area contributed by atoms with Crippen molar-refractivity contribution in [2.24, 2.45) is 0 Å². The van der Waals surface area contributed by atoms with E-state index in [1.54, 1.807) is 7.11 Å². The Labute approximate surface area is 199 Å². The van der Waals surface area contributed by atoms with E-state index in [1.807, 2.05) is 53.4 Å². The van der Waals surface area contributed by atoms with Crippen molar-refractivity contribution in [3.63, 3.8) is 0 Å². The fraction of sp³-hybridized carbons (Fsp3) is 0.286. The van der Waals surface area contributed by atoms with Crippen molar-refractivity contribution in [1.82, 2.24) is 9.55 Å². The number of anilines is 1. The monoisotopic (exact) mass is 455 g/mol. The maximum atomic E-state index is 12.9. The van der Waals surface area contributed by atoms with Gasteiger partial charge in [0.15, 0.2) is 0 Å². The smallest absolute Gasteiger partial charge is 0.227 e. The largest absolute Gasteiger partial charge is 0.497 e. The number of imidazole rings is 1. The highest BCUT2D eigenvalue weighted by molar-refractivity contribution is 5.96. The second kappa shape index (κ2) is 9.21. The van der Waals surface area contributed by atoms with Crippen LogP contribution in [-0.4, -0.2) is 35.7 Å². The van der Waals surface area contributed by atoms with Gasteiger partial charge in [-0.05, 0) is 73.5 Å². The number of methoxy groups -OCH3 is 1. The van der Waals surface area contributed by atoms with E-state index >= 15 is 0 Å². The molecular formula is C28H29N3O3. The first-order chi connectivity index (χ1) is 16.5. The molecule has 1 aliphatic rings. The molecule has 5 rings (SSSR count). The van der Waals surface area contributed by atoms with Crippen LogP contribution in [0, 0.1) is 13.8 Å². The Bertz CT molecular complexity index is 1330. The van der Waals surface area contributed by atoms with Gasteiger partial charge in [-0.25, -0.2) is 4.98 Å².